The van der Waals surface area contributed by atoms with Gasteiger partial charge in [-0.05, 0) is 25.8 Å². The van der Waals surface area contributed by atoms with E-state index < -0.39 is 6.10 Å². The van der Waals surface area contributed by atoms with Gasteiger partial charge in [0.25, 0.3) is 0 Å². The van der Waals surface area contributed by atoms with Crippen molar-refractivity contribution in [2.75, 3.05) is 0 Å². The van der Waals surface area contributed by atoms with Gasteiger partial charge < -0.3 is 10.4 Å². The highest BCUT2D eigenvalue weighted by molar-refractivity contribution is 6.31. The molecule has 1 saturated carbocycles. The number of aromatic nitrogens is 2. The van der Waals surface area contributed by atoms with Crippen molar-refractivity contribution >= 4 is 23.6 Å². The molecule has 0 spiro atoms. The highest BCUT2D eigenvalue weighted by Gasteiger charge is 2.23. The van der Waals surface area contributed by atoms with Crippen LogP contribution in [0.2, 0.25) is 5.15 Å². The zero-order valence-electron chi connectivity index (χ0n) is 11.8. The summed E-state index contributed by atoms with van der Waals surface area (Å²) in [6, 6.07) is -0.147. The molecule has 20 heavy (non-hydrogen) atoms. The smallest absolute Gasteiger partial charge is 0.244 e. The summed E-state index contributed by atoms with van der Waals surface area (Å²) >= 11 is 6.09. The molecule has 1 amide bonds. The van der Waals surface area contributed by atoms with Crippen LogP contribution in [-0.2, 0) is 11.8 Å². The molecular weight excluding hydrogens is 278 g/mol. The molecule has 1 aliphatic rings. The van der Waals surface area contributed by atoms with Crippen LogP contribution in [-0.4, -0.2) is 32.9 Å². The lowest BCUT2D eigenvalue weighted by Crippen LogP contribution is -2.44. The summed E-state index contributed by atoms with van der Waals surface area (Å²) in [5, 5.41) is 17.3. The van der Waals surface area contributed by atoms with Crippen molar-refractivity contribution in [3.8, 4) is 0 Å². The molecule has 0 aromatic carbocycles. The van der Waals surface area contributed by atoms with Gasteiger partial charge in [-0.25, -0.2) is 0 Å². The average Bonchev–Trinajstić information content (AvgIpc) is 2.64. The largest absolute Gasteiger partial charge is 0.391 e. The van der Waals surface area contributed by atoms with Crippen molar-refractivity contribution in [2.45, 2.75) is 44.8 Å². The Balaban J connectivity index is 1.98. The zero-order chi connectivity index (χ0) is 14.7. The van der Waals surface area contributed by atoms with Crippen LogP contribution in [0.5, 0.6) is 0 Å². The third-order valence-corrected chi connectivity index (χ3v) is 4.10. The van der Waals surface area contributed by atoms with E-state index in [0.717, 1.165) is 36.9 Å². The summed E-state index contributed by atoms with van der Waals surface area (Å²) in [4.78, 5) is 11.9. The van der Waals surface area contributed by atoms with E-state index in [1.165, 1.54) is 6.08 Å². The van der Waals surface area contributed by atoms with Crippen molar-refractivity contribution in [2.24, 2.45) is 7.05 Å². The van der Waals surface area contributed by atoms with Gasteiger partial charge in [-0.1, -0.05) is 24.4 Å². The second-order valence-corrected chi connectivity index (χ2v) is 5.57. The van der Waals surface area contributed by atoms with Gasteiger partial charge in [0.1, 0.15) is 5.15 Å². The Morgan fingerprint density at radius 1 is 1.50 bits per heavy atom. The van der Waals surface area contributed by atoms with E-state index in [9.17, 15) is 9.90 Å². The van der Waals surface area contributed by atoms with Crippen LogP contribution in [0.4, 0.5) is 0 Å². The van der Waals surface area contributed by atoms with Gasteiger partial charge in [0.2, 0.25) is 5.91 Å². The molecule has 5 nitrogen and oxygen atoms in total. The summed E-state index contributed by atoms with van der Waals surface area (Å²) in [5.74, 6) is -0.213. The number of aryl methyl sites for hydroxylation is 2. The lowest BCUT2D eigenvalue weighted by Gasteiger charge is -2.27. The maximum absolute atomic E-state index is 11.9. The highest BCUT2D eigenvalue weighted by atomic mass is 35.5. The number of nitrogens with one attached hydrogen (secondary N) is 1. The third-order valence-electron chi connectivity index (χ3n) is 3.65. The number of hydrogen-bond donors (Lipinski definition) is 2. The summed E-state index contributed by atoms with van der Waals surface area (Å²) in [6.45, 7) is 1.84. The van der Waals surface area contributed by atoms with E-state index in [0.29, 0.717) is 5.15 Å². The number of aliphatic hydroxyl groups is 1. The summed E-state index contributed by atoms with van der Waals surface area (Å²) < 4.78 is 1.57. The minimum absolute atomic E-state index is 0.147. The Bertz CT molecular complexity index is 525. The number of hydrogen-bond acceptors (Lipinski definition) is 3. The number of halogens is 1. The van der Waals surface area contributed by atoms with Crippen molar-refractivity contribution in [1.29, 1.82) is 0 Å². The number of carbonyl (C=O) groups excluding carboxylic acids is 1. The van der Waals surface area contributed by atoms with Gasteiger partial charge in [-0.15, -0.1) is 0 Å². The molecule has 0 radical (unpaired) electrons. The molecule has 2 rings (SSSR count). The van der Waals surface area contributed by atoms with E-state index in [1.807, 2.05) is 6.92 Å². The van der Waals surface area contributed by atoms with Crippen LogP contribution in [0.1, 0.15) is 36.9 Å². The number of aliphatic hydroxyl groups excluding tert-OH is 1. The molecule has 2 atom stereocenters. The first-order valence-corrected chi connectivity index (χ1v) is 7.22. The van der Waals surface area contributed by atoms with E-state index in [1.54, 1.807) is 17.8 Å². The van der Waals surface area contributed by atoms with Gasteiger partial charge in [0, 0.05) is 18.7 Å². The molecule has 6 heteroatoms. The van der Waals surface area contributed by atoms with Gasteiger partial charge in [-0.2, -0.15) is 5.10 Å². The number of carbonyl (C=O) groups is 1. The summed E-state index contributed by atoms with van der Waals surface area (Å²) in [6.07, 6.45) is 6.31. The molecule has 0 bridgehead atoms. The van der Waals surface area contributed by atoms with Crippen LogP contribution >= 0.6 is 11.6 Å². The molecule has 2 N–H and O–H groups in total. The third kappa shape index (κ3) is 3.41. The zero-order valence-corrected chi connectivity index (χ0v) is 12.5. The summed E-state index contributed by atoms with van der Waals surface area (Å²) in [7, 11) is 1.76. The Hall–Kier alpha value is -1.33. The van der Waals surface area contributed by atoms with Gasteiger partial charge >= 0.3 is 0 Å². The SMILES string of the molecule is Cc1nn(C)c(Cl)c1/C=C/C(=O)N[C@H]1CCCC[C@@H]1O. The Morgan fingerprint density at radius 3 is 2.80 bits per heavy atom. The fraction of sp³-hybridized carbons (Fsp3) is 0.571. The minimum Gasteiger partial charge on any atom is -0.391 e. The van der Waals surface area contributed by atoms with E-state index in [4.69, 9.17) is 11.6 Å². The highest BCUT2D eigenvalue weighted by Crippen LogP contribution is 2.20. The molecule has 0 saturated heterocycles. The Kier molecular flexibility index (Phi) is 4.83. The van der Waals surface area contributed by atoms with E-state index in [-0.39, 0.29) is 11.9 Å². The maximum atomic E-state index is 11.9. The standard InChI is InChI=1S/C14H20ClN3O2/c1-9-10(14(15)18(2)17-9)7-8-13(20)16-11-5-3-4-6-12(11)19/h7-8,11-12,19H,3-6H2,1-2H3,(H,16,20)/b8-7+/t11-,12-/m0/s1. The Labute approximate surface area is 123 Å². The van der Waals surface area contributed by atoms with Crippen LogP contribution < -0.4 is 5.32 Å². The molecule has 1 aliphatic carbocycles. The minimum atomic E-state index is -0.440. The molecular formula is C14H20ClN3O2. The Morgan fingerprint density at radius 2 is 2.20 bits per heavy atom. The van der Waals surface area contributed by atoms with Crippen LogP contribution in [0.15, 0.2) is 6.08 Å². The maximum Gasteiger partial charge on any atom is 0.244 e. The second kappa shape index (κ2) is 6.41. The van der Waals surface area contributed by atoms with Crippen LogP contribution in [0, 0.1) is 6.92 Å². The molecule has 1 aromatic heterocycles. The summed E-state index contributed by atoms with van der Waals surface area (Å²) in [5.41, 5.74) is 1.52. The first kappa shape index (κ1) is 15.1. The van der Waals surface area contributed by atoms with Crippen molar-refractivity contribution < 1.29 is 9.90 Å². The van der Waals surface area contributed by atoms with Crippen molar-refractivity contribution in [3.63, 3.8) is 0 Å². The fourth-order valence-corrected chi connectivity index (χ4v) is 2.74. The monoisotopic (exact) mass is 297 g/mol. The quantitative estimate of drug-likeness (QED) is 0.836. The lowest BCUT2D eigenvalue weighted by molar-refractivity contribution is -0.118. The second-order valence-electron chi connectivity index (χ2n) is 5.21. The van der Waals surface area contributed by atoms with Crippen molar-refractivity contribution in [3.05, 3.63) is 22.5 Å². The van der Waals surface area contributed by atoms with Gasteiger partial charge in [0.05, 0.1) is 17.8 Å². The molecule has 1 heterocycles. The lowest BCUT2D eigenvalue weighted by atomic mass is 9.92. The normalized spacial score (nSPS) is 23.2. The predicted molar refractivity (Wildman–Crippen MR) is 78.4 cm³/mol. The average molecular weight is 298 g/mol. The van der Waals surface area contributed by atoms with E-state index in [2.05, 4.69) is 10.4 Å². The molecule has 1 fully saturated rings. The van der Waals surface area contributed by atoms with Crippen LogP contribution in [0.25, 0.3) is 6.08 Å². The van der Waals surface area contributed by atoms with Gasteiger partial charge in [-0.3, -0.25) is 9.48 Å². The van der Waals surface area contributed by atoms with Crippen LogP contribution in [0.3, 0.4) is 0 Å². The molecule has 0 aliphatic heterocycles. The first-order valence-electron chi connectivity index (χ1n) is 6.84. The van der Waals surface area contributed by atoms with E-state index >= 15 is 0 Å². The molecule has 0 unspecified atom stereocenters. The fourth-order valence-electron chi connectivity index (χ4n) is 2.51. The first-order chi connectivity index (χ1) is 9.49. The topological polar surface area (TPSA) is 67.2 Å². The molecule has 110 valence electrons. The number of nitrogens with zero attached hydrogens (tertiary/aromatic N) is 2. The number of rotatable bonds is 3. The molecule has 1 aromatic rings. The van der Waals surface area contributed by atoms with Crippen molar-refractivity contribution in [1.82, 2.24) is 15.1 Å². The van der Waals surface area contributed by atoms with Gasteiger partial charge in [0.15, 0.2) is 0 Å². The number of amides is 1. The predicted octanol–water partition coefficient (Wildman–Crippen LogP) is 1.81.